The summed E-state index contributed by atoms with van der Waals surface area (Å²) in [5, 5.41) is 0.982. The van der Waals surface area contributed by atoms with E-state index in [1.165, 1.54) is 7.11 Å². The Morgan fingerprint density at radius 3 is 3.00 bits per heavy atom. The van der Waals surface area contributed by atoms with Gasteiger partial charge >= 0.3 is 5.97 Å². The van der Waals surface area contributed by atoms with E-state index in [9.17, 15) is 4.79 Å². The average Bonchev–Trinajstić information content (AvgIpc) is 2.39. The first-order valence-corrected chi connectivity index (χ1v) is 6.28. The molecule has 18 heavy (non-hydrogen) atoms. The van der Waals surface area contributed by atoms with Crippen molar-refractivity contribution in [3.8, 4) is 0 Å². The van der Waals surface area contributed by atoms with Gasteiger partial charge in [-0.3, -0.25) is 9.78 Å². The molecule has 1 unspecified atom stereocenters. The molecule has 0 amide bonds. The zero-order valence-electron chi connectivity index (χ0n) is 9.89. The lowest BCUT2D eigenvalue weighted by Gasteiger charge is -2.13. The van der Waals surface area contributed by atoms with Crippen molar-refractivity contribution in [1.82, 2.24) is 4.98 Å². The number of halogens is 1. The van der Waals surface area contributed by atoms with Gasteiger partial charge in [-0.15, -0.1) is 0 Å². The van der Waals surface area contributed by atoms with E-state index in [1.54, 1.807) is 6.20 Å². The highest BCUT2D eigenvalue weighted by Gasteiger charge is 2.16. The van der Waals surface area contributed by atoms with Gasteiger partial charge in [0, 0.05) is 22.1 Å². The minimum atomic E-state index is -0.414. The number of nitrogens with two attached hydrogens (primary N) is 1. The number of aromatic nitrogens is 1. The van der Waals surface area contributed by atoms with Gasteiger partial charge in [0.25, 0.3) is 0 Å². The van der Waals surface area contributed by atoms with E-state index in [0.29, 0.717) is 0 Å². The number of esters is 1. The standard InChI is InChI=1S/C13H13BrN2O2/c1-18-12(17)7-11(15)9-4-5-10(14)8-3-2-6-16-13(8)9/h2-6,11H,7,15H2,1H3. The van der Waals surface area contributed by atoms with Gasteiger partial charge in [0.15, 0.2) is 0 Å². The SMILES string of the molecule is COC(=O)CC(N)c1ccc(Br)c2cccnc12. The molecule has 1 heterocycles. The molecule has 0 fully saturated rings. The summed E-state index contributed by atoms with van der Waals surface area (Å²) in [7, 11) is 1.35. The smallest absolute Gasteiger partial charge is 0.307 e. The van der Waals surface area contributed by atoms with E-state index in [1.807, 2.05) is 24.3 Å². The zero-order chi connectivity index (χ0) is 13.1. The monoisotopic (exact) mass is 308 g/mol. The van der Waals surface area contributed by atoms with Crippen molar-refractivity contribution in [2.75, 3.05) is 7.11 Å². The zero-order valence-corrected chi connectivity index (χ0v) is 11.5. The quantitative estimate of drug-likeness (QED) is 0.885. The second kappa shape index (κ2) is 5.46. The summed E-state index contributed by atoms with van der Waals surface area (Å²) in [6.45, 7) is 0. The summed E-state index contributed by atoms with van der Waals surface area (Å²) >= 11 is 3.47. The van der Waals surface area contributed by atoms with Gasteiger partial charge in [0.1, 0.15) is 0 Å². The molecule has 0 saturated carbocycles. The topological polar surface area (TPSA) is 65.2 Å². The lowest BCUT2D eigenvalue weighted by molar-refractivity contribution is -0.141. The predicted molar refractivity (Wildman–Crippen MR) is 73.0 cm³/mol. The Morgan fingerprint density at radius 2 is 2.28 bits per heavy atom. The van der Waals surface area contributed by atoms with Crippen LogP contribution in [0.2, 0.25) is 0 Å². The van der Waals surface area contributed by atoms with Gasteiger partial charge in [-0.1, -0.05) is 28.1 Å². The normalized spacial score (nSPS) is 12.4. The molecule has 0 aliphatic carbocycles. The van der Waals surface area contributed by atoms with Crippen molar-refractivity contribution < 1.29 is 9.53 Å². The Labute approximate surface area is 113 Å². The molecular formula is C13H13BrN2O2. The molecule has 2 aromatic rings. The van der Waals surface area contributed by atoms with Crippen LogP contribution in [0.1, 0.15) is 18.0 Å². The van der Waals surface area contributed by atoms with Gasteiger partial charge in [0.05, 0.1) is 19.0 Å². The number of rotatable bonds is 3. The Balaban J connectivity index is 2.45. The number of fused-ring (bicyclic) bond motifs is 1. The van der Waals surface area contributed by atoms with Gasteiger partial charge < -0.3 is 10.5 Å². The van der Waals surface area contributed by atoms with Crippen LogP contribution in [0.15, 0.2) is 34.9 Å². The summed E-state index contributed by atoms with van der Waals surface area (Å²) in [5.41, 5.74) is 7.69. The van der Waals surface area contributed by atoms with E-state index >= 15 is 0 Å². The minimum absolute atomic E-state index is 0.143. The maximum Gasteiger partial charge on any atom is 0.307 e. The highest BCUT2D eigenvalue weighted by atomic mass is 79.9. The number of ether oxygens (including phenoxy) is 1. The lowest BCUT2D eigenvalue weighted by Crippen LogP contribution is -2.16. The fourth-order valence-corrected chi connectivity index (χ4v) is 2.28. The Morgan fingerprint density at radius 1 is 1.50 bits per heavy atom. The Hall–Kier alpha value is -1.46. The van der Waals surface area contributed by atoms with Crippen LogP contribution in [0.5, 0.6) is 0 Å². The minimum Gasteiger partial charge on any atom is -0.469 e. The Kier molecular flexibility index (Phi) is 3.93. The molecule has 0 bridgehead atoms. The van der Waals surface area contributed by atoms with Crippen molar-refractivity contribution >= 4 is 32.8 Å². The van der Waals surface area contributed by atoms with Crippen molar-refractivity contribution in [1.29, 1.82) is 0 Å². The summed E-state index contributed by atoms with van der Waals surface area (Å²) in [6, 6.07) is 7.20. The highest BCUT2D eigenvalue weighted by Crippen LogP contribution is 2.29. The first kappa shape index (κ1) is 13.0. The summed E-state index contributed by atoms with van der Waals surface area (Å²) in [5.74, 6) is -0.325. The molecule has 1 atom stereocenters. The van der Waals surface area contributed by atoms with Crippen LogP contribution in [-0.4, -0.2) is 18.1 Å². The molecule has 94 valence electrons. The van der Waals surface area contributed by atoms with E-state index in [2.05, 4.69) is 25.7 Å². The van der Waals surface area contributed by atoms with Crippen LogP contribution in [-0.2, 0) is 9.53 Å². The third kappa shape index (κ3) is 2.52. The molecule has 1 aromatic heterocycles. The van der Waals surface area contributed by atoms with E-state index in [4.69, 9.17) is 5.73 Å². The number of carbonyl (C=O) groups is 1. The summed E-state index contributed by atoms with van der Waals surface area (Å²) in [4.78, 5) is 15.6. The molecule has 1 aromatic carbocycles. The van der Waals surface area contributed by atoms with E-state index in [-0.39, 0.29) is 12.4 Å². The van der Waals surface area contributed by atoms with Crippen LogP contribution in [0.4, 0.5) is 0 Å². The predicted octanol–water partition coefficient (Wildman–Crippen LogP) is 2.56. The molecule has 0 spiro atoms. The average molecular weight is 309 g/mol. The number of pyridine rings is 1. The van der Waals surface area contributed by atoms with Gasteiger partial charge in [-0.2, -0.15) is 0 Å². The molecule has 4 nitrogen and oxygen atoms in total. The fourth-order valence-electron chi connectivity index (χ4n) is 1.83. The fraction of sp³-hybridized carbons (Fsp3) is 0.231. The summed E-state index contributed by atoms with van der Waals surface area (Å²) < 4.78 is 5.59. The Bertz CT molecular complexity index is 586. The van der Waals surface area contributed by atoms with Crippen molar-refractivity contribution in [2.45, 2.75) is 12.5 Å². The second-order valence-electron chi connectivity index (χ2n) is 3.92. The van der Waals surface area contributed by atoms with Crippen LogP contribution in [0.25, 0.3) is 10.9 Å². The molecule has 2 N–H and O–H groups in total. The van der Waals surface area contributed by atoms with Gasteiger partial charge in [-0.05, 0) is 17.7 Å². The largest absolute Gasteiger partial charge is 0.469 e. The van der Waals surface area contributed by atoms with Crippen molar-refractivity contribution in [2.24, 2.45) is 5.73 Å². The van der Waals surface area contributed by atoms with E-state index in [0.717, 1.165) is 20.9 Å². The van der Waals surface area contributed by atoms with Crippen LogP contribution in [0, 0.1) is 0 Å². The molecule has 2 rings (SSSR count). The first-order chi connectivity index (χ1) is 8.63. The third-order valence-electron chi connectivity index (χ3n) is 2.76. The van der Waals surface area contributed by atoms with Crippen LogP contribution in [0.3, 0.4) is 0 Å². The van der Waals surface area contributed by atoms with Gasteiger partial charge in [-0.25, -0.2) is 0 Å². The first-order valence-electron chi connectivity index (χ1n) is 5.49. The maximum atomic E-state index is 11.3. The number of methoxy groups -OCH3 is 1. The second-order valence-corrected chi connectivity index (χ2v) is 4.78. The summed E-state index contributed by atoms with van der Waals surface area (Å²) in [6.07, 6.45) is 1.85. The molecule has 0 aliphatic heterocycles. The number of carbonyl (C=O) groups excluding carboxylic acids is 1. The maximum absolute atomic E-state index is 11.3. The van der Waals surface area contributed by atoms with Crippen molar-refractivity contribution in [3.05, 3.63) is 40.5 Å². The lowest BCUT2D eigenvalue weighted by atomic mass is 10.0. The van der Waals surface area contributed by atoms with E-state index < -0.39 is 6.04 Å². The molecule has 0 aliphatic rings. The number of nitrogens with zero attached hydrogens (tertiary/aromatic N) is 1. The van der Waals surface area contributed by atoms with Gasteiger partial charge in [0.2, 0.25) is 0 Å². The third-order valence-corrected chi connectivity index (χ3v) is 3.45. The molecule has 0 radical (unpaired) electrons. The number of benzene rings is 1. The molecular weight excluding hydrogens is 296 g/mol. The molecule has 5 heteroatoms. The molecule has 0 saturated heterocycles. The van der Waals surface area contributed by atoms with Crippen LogP contribution < -0.4 is 5.73 Å². The number of hydrogen-bond acceptors (Lipinski definition) is 4. The number of hydrogen-bond donors (Lipinski definition) is 1. The highest BCUT2D eigenvalue weighted by molar-refractivity contribution is 9.10. The van der Waals surface area contributed by atoms with Crippen LogP contribution >= 0.6 is 15.9 Å². The van der Waals surface area contributed by atoms with Crippen molar-refractivity contribution in [3.63, 3.8) is 0 Å².